The Morgan fingerprint density at radius 2 is 1.84 bits per heavy atom. The van der Waals surface area contributed by atoms with Crippen LogP contribution in [0.1, 0.15) is 28.5 Å². The van der Waals surface area contributed by atoms with Crippen molar-refractivity contribution in [3.8, 4) is 16.9 Å². The molecular weight excluding hydrogens is 440 g/mol. The molecule has 0 spiro atoms. The first-order valence-corrected chi connectivity index (χ1v) is 13.0. The van der Waals surface area contributed by atoms with Crippen LogP contribution in [0.5, 0.6) is 0 Å². The number of rotatable bonds is 5. The predicted molar refractivity (Wildman–Crippen MR) is 129 cm³/mol. The van der Waals surface area contributed by atoms with Crippen LogP contribution >= 0.6 is 11.3 Å². The monoisotopic (exact) mass is 462 g/mol. The van der Waals surface area contributed by atoms with Gasteiger partial charge in [0.2, 0.25) is 10.0 Å². The lowest BCUT2D eigenvalue weighted by molar-refractivity contribution is 0.375. The molecule has 0 fully saturated rings. The zero-order valence-corrected chi connectivity index (χ0v) is 19.3. The van der Waals surface area contributed by atoms with E-state index in [1.807, 2.05) is 83.8 Å². The van der Waals surface area contributed by atoms with E-state index in [1.54, 1.807) is 11.3 Å². The molecule has 3 heterocycles. The summed E-state index contributed by atoms with van der Waals surface area (Å²) in [5.74, 6) is 0. The quantitative estimate of drug-likeness (QED) is 0.418. The summed E-state index contributed by atoms with van der Waals surface area (Å²) >= 11 is 1.56. The number of nitrogens with zero attached hydrogens (tertiary/aromatic N) is 4. The van der Waals surface area contributed by atoms with Crippen molar-refractivity contribution in [1.82, 2.24) is 14.2 Å². The normalized spacial score (nSPS) is 16.4. The number of benzene rings is 2. The predicted octanol–water partition coefficient (Wildman–Crippen LogP) is 5.02. The first kappa shape index (κ1) is 20.7. The fourth-order valence-electron chi connectivity index (χ4n) is 3.98. The van der Waals surface area contributed by atoms with E-state index < -0.39 is 16.1 Å². The minimum atomic E-state index is -3.57. The summed E-state index contributed by atoms with van der Waals surface area (Å²) in [5.41, 5.74) is 5.35. The molecule has 0 amide bonds. The molecule has 0 saturated carbocycles. The third kappa shape index (κ3) is 3.87. The van der Waals surface area contributed by atoms with Crippen LogP contribution in [0.15, 0.2) is 83.4 Å². The molecule has 0 bridgehead atoms. The van der Waals surface area contributed by atoms with Crippen LogP contribution in [0.2, 0.25) is 0 Å². The largest absolute Gasteiger partial charge is 0.247 e. The maximum absolute atomic E-state index is 12.7. The van der Waals surface area contributed by atoms with Crippen molar-refractivity contribution in [3.05, 3.63) is 94.3 Å². The highest BCUT2D eigenvalue weighted by molar-refractivity contribution is 7.88. The molecule has 4 aromatic rings. The first-order chi connectivity index (χ1) is 15.4. The summed E-state index contributed by atoms with van der Waals surface area (Å²) in [6.45, 7) is 2.04. The van der Waals surface area contributed by atoms with Gasteiger partial charge in [0, 0.05) is 23.7 Å². The zero-order valence-electron chi connectivity index (χ0n) is 17.7. The Labute approximate surface area is 191 Å². The Morgan fingerprint density at radius 1 is 1.03 bits per heavy atom. The lowest BCUT2D eigenvalue weighted by atomic mass is 9.98. The Balaban J connectivity index is 1.67. The van der Waals surface area contributed by atoms with E-state index in [9.17, 15) is 8.42 Å². The van der Waals surface area contributed by atoms with Gasteiger partial charge in [0.15, 0.2) is 0 Å². The number of aryl methyl sites for hydroxylation is 1. The highest BCUT2D eigenvalue weighted by atomic mass is 32.2. The van der Waals surface area contributed by atoms with E-state index in [2.05, 4.69) is 11.2 Å². The first-order valence-electron chi connectivity index (χ1n) is 10.2. The van der Waals surface area contributed by atoms with Gasteiger partial charge in [0.05, 0.1) is 34.3 Å². The summed E-state index contributed by atoms with van der Waals surface area (Å²) in [6, 6.07) is 21.4. The molecule has 32 heavy (non-hydrogen) atoms. The molecule has 2 aromatic heterocycles. The molecule has 5 rings (SSSR count). The molecule has 2 aromatic carbocycles. The van der Waals surface area contributed by atoms with Gasteiger partial charge in [-0.15, -0.1) is 11.3 Å². The van der Waals surface area contributed by atoms with Gasteiger partial charge in [-0.3, -0.25) is 0 Å². The van der Waals surface area contributed by atoms with E-state index in [1.165, 1.54) is 10.7 Å². The zero-order chi connectivity index (χ0) is 22.3. The molecule has 6 nitrogen and oxygen atoms in total. The minimum Gasteiger partial charge on any atom is -0.240 e. The van der Waals surface area contributed by atoms with E-state index in [4.69, 9.17) is 5.10 Å². The van der Waals surface area contributed by atoms with E-state index in [-0.39, 0.29) is 0 Å². The average Bonchev–Trinajstić information content (AvgIpc) is 3.52. The second-order valence-electron chi connectivity index (χ2n) is 7.86. The maximum Gasteiger partial charge on any atom is 0.247 e. The second kappa shape index (κ2) is 8.03. The van der Waals surface area contributed by atoms with E-state index in [0.29, 0.717) is 6.42 Å². The summed E-state index contributed by atoms with van der Waals surface area (Å²) in [4.78, 5) is 0.980. The molecule has 8 heteroatoms. The van der Waals surface area contributed by atoms with Crippen LogP contribution in [-0.4, -0.2) is 34.6 Å². The summed E-state index contributed by atoms with van der Waals surface area (Å²) in [6.07, 6.45) is 3.63. The van der Waals surface area contributed by atoms with Crippen LogP contribution < -0.4 is 0 Å². The van der Waals surface area contributed by atoms with E-state index in [0.717, 1.165) is 38.7 Å². The highest BCUT2D eigenvalue weighted by Gasteiger charge is 2.37. The van der Waals surface area contributed by atoms with Crippen molar-refractivity contribution in [2.75, 3.05) is 6.26 Å². The third-order valence-corrected chi connectivity index (χ3v) is 7.37. The van der Waals surface area contributed by atoms with Crippen LogP contribution in [0.25, 0.3) is 16.9 Å². The smallest absolute Gasteiger partial charge is 0.240 e. The van der Waals surface area contributed by atoms with Gasteiger partial charge in [0.25, 0.3) is 0 Å². The van der Waals surface area contributed by atoms with Gasteiger partial charge in [-0.05, 0) is 36.6 Å². The van der Waals surface area contributed by atoms with Crippen LogP contribution in [0.3, 0.4) is 0 Å². The molecule has 0 saturated heterocycles. The van der Waals surface area contributed by atoms with Gasteiger partial charge in [-0.1, -0.05) is 48.0 Å². The number of thiophene rings is 1. The SMILES string of the molecule is Cc1cccc(-c2nn(-c3ccccc3)cc2[C@H]2CC(c3cccs3)=NN2S(C)(=O)=O)c1. The van der Waals surface area contributed by atoms with Gasteiger partial charge in [0.1, 0.15) is 0 Å². The molecule has 1 aliphatic rings. The molecule has 1 atom stereocenters. The molecular formula is C24H22N4O2S2. The van der Waals surface area contributed by atoms with Crippen molar-refractivity contribution >= 4 is 27.1 Å². The number of aromatic nitrogens is 2. The summed E-state index contributed by atoms with van der Waals surface area (Å²) in [5, 5.41) is 11.4. The number of hydrogen-bond acceptors (Lipinski definition) is 5. The van der Waals surface area contributed by atoms with Crippen LogP contribution in [-0.2, 0) is 10.0 Å². The Hall–Kier alpha value is -3.23. The molecule has 162 valence electrons. The number of para-hydroxylation sites is 1. The average molecular weight is 463 g/mol. The fourth-order valence-corrected chi connectivity index (χ4v) is 5.60. The summed E-state index contributed by atoms with van der Waals surface area (Å²) in [7, 11) is -3.57. The molecule has 0 radical (unpaired) electrons. The van der Waals surface area contributed by atoms with Gasteiger partial charge in [-0.2, -0.15) is 14.6 Å². The van der Waals surface area contributed by atoms with Crippen molar-refractivity contribution in [3.63, 3.8) is 0 Å². The number of sulfonamides is 1. The minimum absolute atomic E-state index is 0.463. The molecule has 0 N–H and O–H groups in total. The molecule has 0 unspecified atom stereocenters. The Morgan fingerprint density at radius 3 is 2.53 bits per heavy atom. The van der Waals surface area contributed by atoms with Gasteiger partial charge >= 0.3 is 0 Å². The van der Waals surface area contributed by atoms with Gasteiger partial charge in [-0.25, -0.2) is 13.1 Å². The summed E-state index contributed by atoms with van der Waals surface area (Å²) < 4.78 is 28.5. The van der Waals surface area contributed by atoms with Crippen molar-refractivity contribution < 1.29 is 8.42 Å². The topological polar surface area (TPSA) is 67.6 Å². The van der Waals surface area contributed by atoms with E-state index >= 15 is 0 Å². The van der Waals surface area contributed by atoms with Gasteiger partial charge < -0.3 is 0 Å². The third-order valence-electron chi connectivity index (χ3n) is 5.43. The lowest BCUT2D eigenvalue weighted by Gasteiger charge is -2.21. The molecule has 0 aliphatic carbocycles. The standard InChI is InChI=1S/C24H22N4O2S2/c1-17-8-6-9-18(14-17)24-20(16-27(26-24)19-10-4-3-5-11-19)22-15-21(23-12-7-13-31-23)25-28(22)32(2,29)30/h3-14,16,22H,15H2,1-2H3/t22-/m1/s1. The van der Waals surface area contributed by atoms with Crippen molar-refractivity contribution in [1.29, 1.82) is 0 Å². The second-order valence-corrected chi connectivity index (χ2v) is 10.6. The number of hydrazone groups is 1. The number of hydrogen-bond donors (Lipinski definition) is 0. The Kier molecular flexibility index (Phi) is 5.19. The van der Waals surface area contributed by atoms with Crippen LogP contribution in [0.4, 0.5) is 0 Å². The fraction of sp³-hybridized carbons (Fsp3) is 0.167. The van der Waals surface area contributed by atoms with Crippen LogP contribution in [0, 0.1) is 6.92 Å². The Bertz CT molecular complexity index is 1390. The maximum atomic E-state index is 12.7. The molecule has 1 aliphatic heterocycles. The highest BCUT2D eigenvalue weighted by Crippen LogP contribution is 2.40. The van der Waals surface area contributed by atoms with Crippen molar-refractivity contribution in [2.45, 2.75) is 19.4 Å². The lowest BCUT2D eigenvalue weighted by Crippen LogP contribution is -2.26. The van der Waals surface area contributed by atoms with Crippen molar-refractivity contribution in [2.24, 2.45) is 5.10 Å².